The van der Waals surface area contributed by atoms with Crippen molar-refractivity contribution in [3.05, 3.63) is 36.9 Å². The SMILES string of the molecule is C=CCN(Cn1nnc2ccccc21)C(=O)[C@H]1N(CCO)C(=O)[C@@H]2[C@@H](C(=O)OCC)[C@H]3CC[C@]21O3. The van der Waals surface area contributed by atoms with Gasteiger partial charge in [-0.1, -0.05) is 23.4 Å². The van der Waals surface area contributed by atoms with E-state index in [9.17, 15) is 19.5 Å². The summed E-state index contributed by atoms with van der Waals surface area (Å²) < 4.78 is 13.2. The molecule has 0 unspecified atom stereocenters. The fourth-order valence-electron chi connectivity index (χ4n) is 6.02. The van der Waals surface area contributed by atoms with Gasteiger partial charge in [0.2, 0.25) is 11.8 Å². The topological polar surface area (TPSA) is 127 Å². The lowest BCUT2D eigenvalue weighted by Gasteiger charge is -2.36. The van der Waals surface area contributed by atoms with Crippen LogP contribution in [0.1, 0.15) is 19.8 Å². The molecular weight excluding hydrogens is 454 g/mol. The van der Waals surface area contributed by atoms with Crippen LogP contribution in [0.25, 0.3) is 11.0 Å². The molecule has 3 aliphatic rings. The summed E-state index contributed by atoms with van der Waals surface area (Å²) in [4.78, 5) is 43.4. The lowest BCUT2D eigenvalue weighted by molar-refractivity contribution is -0.155. The van der Waals surface area contributed by atoms with Crippen LogP contribution in [0.5, 0.6) is 0 Å². The summed E-state index contributed by atoms with van der Waals surface area (Å²) in [7, 11) is 0. The van der Waals surface area contributed by atoms with Gasteiger partial charge in [0.1, 0.15) is 23.8 Å². The van der Waals surface area contributed by atoms with E-state index in [-0.39, 0.29) is 44.8 Å². The van der Waals surface area contributed by atoms with Gasteiger partial charge in [-0.3, -0.25) is 14.4 Å². The highest BCUT2D eigenvalue weighted by Gasteiger charge is 2.75. The highest BCUT2D eigenvalue weighted by Crippen LogP contribution is 2.58. The minimum absolute atomic E-state index is 0.0365. The van der Waals surface area contributed by atoms with E-state index in [0.29, 0.717) is 18.4 Å². The number of carbonyl (C=O) groups is 3. The number of rotatable bonds is 9. The quantitative estimate of drug-likeness (QED) is 0.399. The molecule has 3 aliphatic heterocycles. The summed E-state index contributed by atoms with van der Waals surface area (Å²) in [6.45, 7) is 5.63. The average Bonchev–Trinajstić information content (AvgIpc) is 3.59. The fraction of sp³-hybridized carbons (Fsp3) is 0.542. The first-order chi connectivity index (χ1) is 17.0. The van der Waals surface area contributed by atoms with Gasteiger partial charge in [0.25, 0.3) is 0 Å². The number of carbonyl (C=O) groups excluding carboxylic acids is 3. The lowest BCUT2D eigenvalue weighted by Crippen LogP contribution is -2.56. The number of aliphatic hydroxyl groups is 1. The number of β-amino-alcohol motifs (C(OH)–C–C–N with tert-alkyl or cyclic N) is 1. The number of hydrogen-bond acceptors (Lipinski definition) is 8. The predicted molar refractivity (Wildman–Crippen MR) is 122 cm³/mol. The van der Waals surface area contributed by atoms with E-state index in [1.54, 1.807) is 22.6 Å². The standard InChI is InChI=1S/C24H29N5O6/c1-3-11-27(14-29-16-8-6-5-7-15(16)25-26-29)22(32)20-24-10-9-17(35-24)18(23(33)34-4-2)19(24)21(31)28(20)12-13-30/h3,5-8,17-20,30H,1,4,9-14H2,2H3/t17-,18+,19+,20-,24+/m1/s1. The Hall–Kier alpha value is -3.31. The Morgan fingerprint density at radius 2 is 2.20 bits per heavy atom. The Morgan fingerprint density at radius 1 is 1.40 bits per heavy atom. The van der Waals surface area contributed by atoms with E-state index >= 15 is 0 Å². The maximum Gasteiger partial charge on any atom is 0.312 e. The fourth-order valence-corrected chi connectivity index (χ4v) is 6.02. The largest absolute Gasteiger partial charge is 0.466 e. The summed E-state index contributed by atoms with van der Waals surface area (Å²) in [5, 5.41) is 18.1. The van der Waals surface area contributed by atoms with Crippen LogP contribution < -0.4 is 0 Å². The first-order valence-electron chi connectivity index (χ1n) is 11.9. The van der Waals surface area contributed by atoms with Crippen molar-refractivity contribution in [3.8, 4) is 0 Å². The van der Waals surface area contributed by atoms with E-state index in [0.717, 1.165) is 5.52 Å². The van der Waals surface area contributed by atoms with Crippen LogP contribution in [0.4, 0.5) is 0 Å². The lowest BCUT2D eigenvalue weighted by atomic mass is 9.70. The van der Waals surface area contributed by atoms with Gasteiger partial charge in [0.05, 0.1) is 36.7 Å². The maximum absolute atomic E-state index is 14.1. The molecule has 2 amide bonds. The Balaban J connectivity index is 1.50. The summed E-state index contributed by atoms with van der Waals surface area (Å²) >= 11 is 0. The molecule has 1 N–H and O–H groups in total. The summed E-state index contributed by atoms with van der Waals surface area (Å²) in [5.74, 6) is -2.77. The minimum Gasteiger partial charge on any atom is -0.466 e. The van der Waals surface area contributed by atoms with Crippen LogP contribution in [0.2, 0.25) is 0 Å². The van der Waals surface area contributed by atoms with Crippen LogP contribution in [0.15, 0.2) is 36.9 Å². The van der Waals surface area contributed by atoms with Crippen molar-refractivity contribution in [2.45, 2.75) is 44.2 Å². The summed E-state index contributed by atoms with van der Waals surface area (Å²) in [6.07, 6.45) is 2.16. The predicted octanol–water partition coefficient (Wildman–Crippen LogP) is 0.333. The molecule has 11 heteroatoms. The van der Waals surface area contributed by atoms with Crippen molar-refractivity contribution in [2.75, 3.05) is 26.3 Å². The Labute approximate surface area is 202 Å². The number of ether oxygens (including phenoxy) is 2. The van der Waals surface area contributed by atoms with Gasteiger partial charge >= 0.3 is 5.97 Å². The monoisotopic (exact) mass is 483 g/mol. The number of fused-ring (bicyclic) bond motifs is 2. The second kappa shape index (κ2) is 9.04. The Kier molecular flexibility index (Phi) is 6.06. The third kappa shape index (κ3) is 3.52. The smallest absolute Gasteiger partial charge is 0.312 e. The summed E-state index contributed by atoms with van der Waals surface area (Å²) in [6, 6.07) is 6.44. The molecule has 0 aliphatic carbocycles. The van der Waals surface area contributed by atoms with Gasteiger partial charge in [0.15, 0.2) is 0 Å². The molecule has 2 bridgehead atoms. The zero-order valence-corrected chi connectivity index (χ0v) is 19.6. The van der Waals surface area contributed by atoms with E-state index < -0.39 is 35.6 Å². The molecule has 5 rings (SSSR count). The Bertz CT molecular complexity index is 1170. The van der Waals surface area contributed by atoms with Crippen molar-refractivity contribution in [2.24, 2.45) is 11.8 Å². The highest BCUT2D eigenvalue weighted by atomic mass is 16.6. The third-order valence-corrected chi connectivity index (χ3v) is 7.32. The first kappa shape index (κ1) is 23.4. The molecule has 2 aromatic rings. The maximum atomic E-state index is 14.1. The van der Waals surface area contributed by atoms with E-state index in [4.69, 9.17) is 9.47 Å². The molecule has 186 valence electrons. The van der Waals surface area contributed by atoms with Crippen molar-refractivity contribution in [1.82, 2.24) is 24.8 Å². The molecule has 1 aromatic heterocycles. The molecule has 1 spiro atoms. The molecule has 4 heterocycles. The number of esters is 1. The van der Waals surface area contributed by atoms with Crippen LogP contribution in [0, 0.1) is 11.8 Å². The number of benzene rings is 1. The van der Waals surface area contributed by atoms with Crippen molar-refractivity contribution in [3.63, 3.8) is 0 Å². The number of likely N-dealkylation sites (tertiary alicyclic amines) is 1. The number of amides is 2. The van der Waals surface area contributed by atoms with Crippen LogP contribution in [-0.2, 0) is 30.5 Å². The molecule has 1 aromatic carbocycles. The Morgan fingerprint density at radius 3 is 2.94 bits per heavy atom. The zero-order valence-electron chi connectivity index (χ0n) is 19.6. The minimum atomic E-state index is -1.14. The summed E-state index contributed by atoms with van der Waals surface area (Å²) in [5.41, 5.74) is 0.320. The number of nitrogens with zero attached hydrogens (tertiary/aromatic N) is 5. The van der Waals surface area contributed by atoms with Gasteiger partial charge in [-0.25, -0.2) is 4.68 Å². The normalized spacial score (nSPS) is 29.0. The van der Waals surface area contributed by atoms with Crippen LogP contribution in [-0.4, -0.2) is 91.7 Å². The zero-order chi connectivity index (χ0) is 24.7. The molecule has 0 radical (unpaired) electrons. The van der Waals surface area contributed by atoms with Gasteiger partial charge in [0, 0.05) is 13.1 Å². The molecular formula is C24H29N5O6. The molecule has 5 atom stereocenters. The molecule has 3 saturated heterocycles. The van der Waals surface area contributed by atoms with E-state index in [2.05, 4.69) is 16.9 Å². The van der Waals surface area contributed by atoms with E-state index in [1.807, 2.05) is 24.3 Å². The first-order valence-corrected chi connectivity index (χ1v) is 11.9. The molecule has 3 fully saturated rings. The van der Waals surface area contributed by atoms with Gasteiger partial charge < -0.3 is 24.4 Å². The average molecular weight is 484 g/mol. The number of para-hydroxylation sites is 1. The second-order valence-electron chi connectivity index (χ2n) is 9.13. The van der Waals surface area contributed by atoms with Crippen molar-refractivity contribution >= 4 is 28.8 Å². The number of aliphatic hydroxyl groups excluding tert-OH is 1. The van der Waals surface area contributed by atoms with Gasteiger partial charge in [-0.2, -0.15) is 0 Å². The van der Waals surface area contributed by atoms with Crippen LogP contribution in [0.3, 0.4) is 0 Å². The van der Waals surface area contributed by atoms with Crippen molar-refractivity contribution < 1.29 is 29.0 Å². The molecule has 11 nitrogen and oxygen atoms in total. The third-order valence-electron chi connectivity index (χ3n) is 7.32. The highest BCUT2D eigenvalue weighted by molar-refractivity contribution is 5.98. The van der Waals surface area contributed by atoms with Crippen molar-refractivity contribution in [1.29, 1.82) is 0 Å². The molecule has 35 heavy (non-hydrogen) atoms. The van der Waals surface area contributed by atoms with Gasteiger partial charge in [-0.05, 0) is 31.9 Å². The second-order valence-corrected chi connectivity index (χ2v) is 9.13. The van der Waals surface area contributed by atoms with E-state index in [1.165, 1.54) is 4.90 Å². The van der Waals surface area contributed by atoms with Crippen LogP contribution >= 0.6 is 0 Å². The number of aromatic nitrogens is 3. The molecule has 0 saturated carbocycles. The van der Waals surface area contributed by atoms with Gasteiger partial charge in [-0.15, -0.1) is 11.7 Å². The number of hydrogen-bond donors (Lipinski definition) is 1.